The van der Waals surface area contributed by atoms with E-state index in [1.807, 2.05) is 0 Å². The Morgan fingerprint density at radius 1 is 1.37 bits per heavy atom. The third kappa shape index (κ3) is 3.14. The van der Waals surface area contributed by atoms with Crippen LogP contribution in [0, 0.1) is 10.1 Å². The molecule has 0 saturated heterocycles. The molecule has 3 N–H and O–H groups in total. The van der Waals surface area contributed by atoms with E-state index in [-0.39, 0.29) is 17.3 Å². The summed E-state index contributed by atoms with van der Waals surface area (Å²) in [7, 11) is 0. The van der Waals surface area contributed by atoms with Crippen LogP contribution in [0.15, 0.2) is 35.1 Å². The van der Waals surface area contributed by atoms with Gasteiger partial charge in [-0.15, -0.1) is 0 Å². The summed E-state index contributed by atoms with van der Waals surface area (Å²) in [6, 6.07) is 5.87. The van der Waals surface area contributed by atoms with Gasteiger partial charge >= 0.3 is 5.69 Å². The first-order valence-corrected chi connectivity index (χ1v) is 5.80. The van der Waals surface area contributed by atoms with Crippen LogP contribution in [0.3, 0.4) is 0 Å². The Hall–Kier alpha value is -2.26. The van der Waals surface area contributed by atoms with Crippen molar-refractivity contribution >= 4 is 27.4 Å². The molecule has 8 nitrogen and oxygen atoms in total. The zero-order valence-corrected chi connectivity index (χ0v) is 11.0. The van der Waals surface area contributed by atoms with Crippen molar-refractivity contribution in [3.05, 3.63) is 45.2 Å². The van der Waals surface area contributed by atoms with E-state index in [9.17, 15) is 10.1 Å². The van der Waals surface area contributed by atoms with Crippen LogP contribution in [-0.4, -0.2) is 14.9 Å². The number of nitrogens with zero attached hydrogens (tertiary/aromatic N) is 3. The summed E-state index contributed by atoms with van der Waals surface area (Å²) in [5, 5.41) is 10.9. The lowest BCUT2D eigenvalue weighted by atomic mass is 10.3. The van der Waals surface area contributed by atoms with Gasteiger partial charge in [-0.3, -0.25) is 10.1 Å². The van der Waals surface area contributed by atoms with Crippen molar-refractivity contribution in [2.45, 2.75) is 0 Å². The number of hydrazine groups is 1. The van der Waals surface area contributed by atoms with E-state index in [2.05, 4.69) is 31.3 Å². The Balaban J connectivity index is 2.34. The molecule has 0 bridgehead atoms. The summed E-state index contributed by atoms with van der Waals surface area (Å²) in [6.07, 6.45) is 1.23. The molecule has 0 aliphatic rings. The maximum atomic E-state index is 10.9. The molecule has 2 rings (SSSR count). The highest BCUT2D eigenvalue weighted by molar-refractivity contribution is 9.10. The van der Waals surface area contributed by atoms with Crippen molar-refractivity contribution in [2.75, 3.05) is 5.43 Å². The molecule has 19 heavy (non-hydrogen) atoms. The van der Waals surface area contributed by atoms with Gasteiger partial charge in [0.15, 0.2) is 0 Å². The van der Waals surface area contributed by atoms with E-state index in [1.54, 1.807) is 6.07 Å². The number of hydrogen-bond donors (Lipinski definition) is 2. The highest BCUT2D eigenvalue weighted by Crippen LogP contribution is 2.33. The van der Waals surface area contributed by atoms with Gasteiger partial charge in [-0.2, -0.15) is 0 Å². The topological polar surface area (TPSA) is 116 Å². The van der Waals surface area contributed by atoms with Crippen LogP contribution >= 0.6 is 15.9 Å². The molecule has 0 aliphatic carbocycles. The van der Waals surface area contributed by atoms with E-state index in [1.165, 1.54) is 24.5 Å². The van der Waals surface area contributed by atoms with Crippen molar-refractivity contribution in [1.82, 2.24) is 9.97 Å². The number of rotatable bonds is 4. The summed E-state index contributed by atoms with van der Waals surface area (Å²) in [4.78, 5) is 18.0. The number of aromatic nitrogens is 2. The average molecular weight is 326 g/mol. The lowest BCUT2D eigenvalue weighted by Gasteiger charge is -2.06. The lowest BCUT2D eigenvalue weighted by Crippen LogP contribution is -2.08. The Labute approximate surface area is 115 Å². The largest absolute Gasteiger partial charge is 0.432 e. The second-order valence-corrected chi connectivity index (χ2v) is 4.27. The molecule has 0 fully saturated rings. The van der Waals surface area contributed by atoms with Gasteiger partial charge in [0.25, 0.3) is 0 Å². The maximum Gasteiger partial charge on any atom is 0.312 e. The minimum absolute atomic E-state index is 0.0786. The monoisotopic (exact) mass is 325 g/mol. The highest BCUT2D eigenvalue weighted by Gasteiger charge is 2.16. The summed E-state index contributed by atoms with van der Waals surface area (Å²) < 4.78 is 5.94. The number of benzene rings is 1. The summed E-state index contributed by atoms with van der Waals surface area (Å²) in [5.41, 5.74) is 2.16. The smallest absolute Gasteiger partial charge is 0.312 e. The number of nitrogen functional groups attached to an aromatic ring is 1. The molecule has 0 atom stereocenters. The van der Waals surface area contributed by atoms with Crippen LogP contribution in [0.2, 0.25) is 0 Å². The molecule has 0 amide bonds. The van der Waals surface area contributed by atoms with Crippen molar-refractivity contribution in [3.63, 3.8) is 0 Å². The number of nitrogens with two attached hydrogens (primary N) is 1. The average Bonchev–Trinajstić information content (AvgIpc) is 2.41. The fourth-order valence-corrected chi connectivity index (χ4v) is 1.66. The SMILES string of the molecule is NNc1cc(Oc2ccc(Br)cc2[N+](=O)[O-])ncn1. The Morgan fingerprint density at radius 2 is 2.16 bits per heavy atom. The molecular weight excluding hydrogens is 318 g/mol. The van der Waals surface area contributed by atoms with Crippen molar-refractivity contribution in [2.24, 2.45) is 5.84 Å². The molecule has 0 radical (unpaired) electrons. The molecule has 0 unspecified atom stereocenters. The standard InChI is InChI=1S/C10H8BrN5O3/c11-6-1-2-8(7(3-6)16(17)18)19-10-4-9(15-12)13-5-14-10/h1-5H,12H2,(H,13,14,15). The molecule has 1 aromatic carbocycles. The van der Waals surface area contributed by atoms with Crippen LogP contribution in [-0.2, 0) is 0 Å². The molecule has 1 aromatic heterocycles. The van der Waals surface area contributed by atoms with E-state index < -0.39 is 4.92 Å². The normalized spacial score (nSPS) is 10.0. The first-order valence-electron chi connectivity index (χ1n) is 5.00. The Bertz CT molecular complexity index is 622. The van der Waals surface area contributed by atoms with E-state index >= 15 is 0 Å². The maximum absolute atomic E-state index is 10.9. The van der Waals surface area contributed by atoms with Gasteiger partial charge in [-0.05, 0) is 12.1 Å². The Kier molecular flexibility index (Phi) is 3.88. The molecular formula is C10H8BrN5O3. The quantitative estimate of drug-likeness (QED) is 0.502. The molecule has 0 spiro atoms. The van der Waals surface area contributed by atoms with Crippen molar-refractivity contribution in [3.8, 4) is 11.6 Å². The summed E-state index contributed by atoms with van der Waals surface area (Å²) in [6.45, 7) is 0. The van der Waals surface area contributed by atoms with Crippen LogP contribution in [0.1, 0.15) is 0 Å². The zero-order valence-electron chi connectivity index (χ0n) is 9.41. The van der Waals surface area contributed by atoms with Crippen LogP contribution in [0.4, 0.5) is 11.5 Å². The van der Waals surface area contributed by atoms with Crippen molar-refractivity contribution < 1.29 is 9.66 Å². The molecule has 2 aromatic rings. The van der Waals surface area contributed by atoms with E-state index in [0.717, 1.165) is 0 Å². The minimum Gasteiger partial charge on any atom is -0.432 e. The van der Waals surface area contributed by atoms with Gasteiger partial charge in [-0.1, -0.05) is 15.9 Å². The first-order chi connectivity index (χ1) is 9.10. The lowest BCUT2D eigenvalue weighted by molar-refractivity contribution is -0.385. The summed E-state index contributed by atoms with van der Waals surface area (Å²) in [5.74, 6) is 5.76. The first kappa shape index (κ1) is 13.2. The van der Waals surface area contributed by atoms with E-state index in [4.69, 9.17) is 10.6 Å². The predicted molar refractivity (Wildman–Crippen MR) is 70.7 cm³/mol. The minimum atomic E-state index is -0.538. The van der Waals surface area contributed by atoms with Gasteiger partial charge in [0.1, 0.15) is 12.1 Å². The van der Waals surface area contributed by atoms with Gasteiger partial charge in [0, 0.05) is 16.6 Å². The number of halogens is 1. The highest BCUT2D eigenvalue weighted by atomic mass is 79.9. The molecule has 0 aliphatic heterocycles. The predicted octanol–water partition coefficient (Wildman–Crippen LogP) is 2.23. The van der Waals surface area contributed by atoms with Crippen LogP contribution < -0.4 is 16.0 Å². The third-order valence-corrected chi connectivity index (χ3v) is 2.62. The molecule has 98 valence electrons. The number of nitrogens with one attached hydrogen (secondary N) is 1. The fraction of sp³-hybridized carbons (Fsp3) is 0. The third-order valence-electron chi connectivity index (χ3n) is 2.12. The number of anilines is 1. The van der Waals surface area contributed by atoms with Gasteiger partial charge in [-0.25, -0.2) is 15.8 Å². The Morgan fingerprint density at radius 3 is 2.84 bits per heavy atom. The number of hydrogen-bond acceptors (Lipinski definition) is 7. The van der Waals surface area contributed by atoms with Gasteiger partial charge in [0.2, 0.25) is 11.6 Å². The van der Waals surface area contributed by atoms with E-state index in [0.29, 0.717) is 10.3 Å². The second-order valence-electron chi connectivity index (χ2n) is 3.36. The second kappa shape index (κ2) is 5.59. The van der Waals surface area contributed by atoms with Crippen molar-refractivity contribution in [1.29, 1.82) is 0 Å². The van der Waals surface area contributed by atoms with Gasteiger partial charge in [0.05, 0.1) is 4.92 Å². The number of nitro groups is 1. The van der Waals surface area contributed by atoms with Crippen LogP contribution in [0.25, 0.3) is 0 Å². The number of nitro benzene ring substituents is 1. The summed E-state index contributed by atoms with van der Waals surface area (Å²) >= 11 is 3.16. The number of ether oxygens (including phenoxy) is 1. The van der Waals surface area contributed by atoms with Crippen LogP contribution in [0.5, 0.6) is 11.6 Å². The molecule has 1 heterocycles. The molecule has 0 saturated carbocycles. The fourth-order valence-electron chi connectivity index (χ4n) is 1.31. The zero-order chi connectivity index (χ0) is 13.8. The van der Waals surface area contributed by atoms with Gasteiger partial charge < -0.3 is 10.2 Å². The molecule has 9 heteroatoms.